The first-order valence-corrected chi connectivity index (χ1v) is 7.17. The second kappa shape index (κ2) is 5.31. The van der Waals surface area contributed by atoms with E-state index in [9.17, 15) is 13.6 Å². The Hall–Kier alpha value is -1.59. The highest BCUT2D eigenvalue weighted by Gasteiger charge is 2.51. The fourth-order valence-electron chi connectivity index (χ4n) is 2.41. The molecule has 1 aliphatic heterocycles. The summed E-state index contributed by atoms with van der Waals surface area (Å²) in [6, 6.07) is 12.6. The molecule has 0 unspecified atom stereocenters. The van der Waals surface area contributed by atoms with E-state index in [1.165, 1.54) is 12.1 Å². The number of rotatable bonds is 3. The largest absolute Gasteiger partial charge is 0.362 e. The van der Waals surface area contributed by atoms with Crippen molar-refractivity contribution in [3.8, 4) is 0 Å². The molecule has 3 rings (SSSR count). The molecule has 2 nitrogen and oxygen atoms in total. The van der Waals surface area contributed by atoms with Crippen molar-refractivity contribution in [2.24, 2.45) is 0 Å². The number of fused-ring (bicyclic) bond motifs is 1. The standard InChI is InChI=1S/C16H11BrF2O2/c17-12-7-6-11-9-21-15(13(11)8-12)16(18,19)14(20)10-4-2-1-3-5-10/h1-8,15H,9H2/t15-/m1/s1. The molecule has 0 saturated carbocycles. The molecule has 0 radical (unpaired) electrons. The normalized spacial score (nSPS) is 17.6. The molecule has 0 amide bonds. The van der Waals surface area contributed by atoms with Crippen molar-refractivity contribution in [1.82, 2.24) is 0 Å². The van der Waals surface area contributed by atoms with E-state index in [1.807, 2.05) is 0 Å². The zero-order chi connectivity index (χ0) is 15.0. The molecule has 1 aliphatic rings. The Morgan fingerprint density at radius 3 is 2.62 bits per heavy atom. The number of ketones is 1. The SMILES string of the molecule is O=C(c1ccccc1)C(F)(F)[C@@H]1OCc2ccc(Br)cc21. The molecule has 2 aromatic carbocycles. The number of Topliss-reactive ketones (excluding diaryl/α,β-unsaturated/α-hetero) is 1. The number of halogens is 3. The predicted molar refractivity (Wildman–Crippen MR) is 77.4 cm³/mol. The average Bonchev–Trinajstić information content (AvgIpc) is 2.91. The van der Waals surface area contributed by atoms with Crippen molar-refractivity contribution in [1.29, 1.82) is 0 Å². The van der Waals surface area contributed by atoms with Crippen LogP contribution in [0, 0.1) is 0 Å². The third-order valence-electron chi connectivity index (χ3n) is 3.46. The van der Waals surface area contributed by atoms with Crippen LogP contribution in [0.3, 0.4) is 0 Å². The Bertz CT molecular complexity index is 686. The van der Waals surface area contributed by atoms with Crippen LogP contribution >= 0.6 is 15.9 Å². The van der Waals surface area contributed by atoms with Gasteiger partial charge in [0.1, 0.15) is 0 Å². The molecular formula is C16H11BrF2O2. The lowest BCUT2D eigenvalue weighted by atomic mass is 9.95. The maximum absolute atomic E-state index is 14.5. The van der Waals surface area contributed by atoms with Gasteiger partial charge in [-0.25, -0.2) is 0 Å². The summed E-state index contributed by atoms with van der Waals surface area (Å²) in [6.45, 7) is 0.0882. The van der Waals surface area contributed by atoms with Gasteiger partial charge in [0.2, 0.25) is 5.78 Å². The molecule has 0 bridgehead atoms. The van der Waals surface area contributed by atoms with E-state index >= 15 is 0 Å². The lowest BCUT2D eigenvalue weighted by molar-refractivity contribution is -0.105. The summed E-state index contributed by atoms with van der Waals surface area (Å²) >= 11 is 3.26. The van der Waals surface area contributed by atoms with Gasteiger partial charge in [-0.2, -0.15) is 8.78 Å². The number of carbonyl (C=O) groups excluding carboxylic acids is 1. The third kappa shape index (κ3) is 2.51. The van der Waals surface area contributed by atoms with Crippen molar-refractivity contribution in [3.63, 3.8) is 0 Å². The zero-order valence-electron chi connectivity index (χ0n) is 10.9. The van der Waals surface area contributed by atoms with Crippen LogP contribution < -0.4 is 0 Å². The Balaban J connectivity index is 1.97. The van der Waals surface area contributed by atoms with Crippen LogP contribution in [-0.2, 0) is 11.3 Å². The third-order valence-corrected chi connectivity index (χ3v) is 3.96. The Labute approximate surface area is 128 Å². The molecule has 108 valence electrons. The number of benzene rings is 2. The molecule has 0 saturated heterocycles. The van der Waals surface area contributed by atoms with Gasteiger partial charge in [-0.15, -0.1) is 0 Å². The molecule has 0 spiro atoms. The minimum absolute atomic E-state index is 0.0189. The van der Waals surface area contributed by atoms with Crippen LogP contribution in [0.1, 0.15) is 27.6 Å². The molecular weight excluding hydrogens is 342 g/mol. The van der Waals surface area contributed by atoms with Crippen LogP contribution in [0.25, 0.3) is 0 Å². The quantitative estimate of drug-likeness (QED) is 0.758. The van der Waals surface area contributed by atoms with E-state index in [0.29, 0.717) is 15.6 Å². The van der Waals surface area contributed by atoms with Crippen LogP contribution in [0.4, 0.5) is 8.78 Å². The second-order valence-corrected chi connectivity index (χ2v) is 5.77. The van der Waals surface area contributed by atoms with Crippen molar-refractivity contribution in [2.75, 3.05) is 0 Å². The van der Waals surface area contributed by atoms with Gasteiger partial charge < -0.3 is 4.74 Å². The van der Waals surface area contributed by atoms with Crippen LogP contribution in [0.15, 0.2) is 53.0 Å². The first kappa shape index (κ1) is 14.4. The molecule has 5 heteroatoms. The lowest BCUT2D eigenvalue weighted by Crippen LogP contribution is -2.35. The smallest absolute Gasteiger partial charge is 0.339 e. The van der Waals surface area contributed by atoms with Gasteiger partial charge in [0, 0.05) is 10.0 Å². The van der Waals surface area contributed by atoms with Crippen LogP contribution in [0.2, 0.25) is 0 Å². The van der Waals surface area contributed by atoms with E-state index in [0.717, 1.165) is 0 Å². The van der Waals surface area contributed by atoms with Crippen molar-refractivity contribution >= 4 is 21.7 Å². The van der Waals surface area contributed by atoms with E-state index < -0.39 is 17.8 Å². The first-order valence-electron chi connectivity index (χ1n) is 6.38. The maximum atomic E-state index is 14.5. The highest BCUT2D eigenvalue weighted by atomic mass is 79.9. The fourth-order valence-corrected chi connectivity index (χ4v) is 2.78. The Morgan fingerprint density at radius 2 is 1.90 bits per heavy atom. The predicted octanol–water partition coefficient (Wildman–Crippen LogP) is 4.54. The molecule has 0 fully saturated rings. The molecule has 2 aromatic rings. The number of hydrogen-bond donors (Lipinski definition) is 0. The maximum Gasteiger partial charge on any atom is 0.339 e. The van der Waals surface area contributed by atoms with Crippen molar-refractivity contribution < 1.29 is 18.3 Å². The fraction of sp³-hybridized carbons (Fsp3) is 0.188. The lowest BCUT2D eigenvalue weighted by Gasteiger charge is -2.22. The summed E-state index contributed by atoms with van der Waals surface area (Å²) in [5.41, 5.74) is 1.02. The van der Waals surface area contributed by atoms with Gasteiger partial charge in [0.25, 0.3) is 0 Å². The van der Waals surface area contributed by atoms with Gasteiger partial charge in [-0.05, 0) is 23.3 Å². The summed E-state index contributed by atoms with van der Waals surface area (Å²) in [5, 5.41) is 0. The van der Waals surface area contributed by atoms with Gasteiger partial charge in [-0.3, -0.25) is 4.79 Å². The van der Waals surface area contributed by atoms with E-state index in [4.69, 9.17) is 4.74 Å². The molecule has 21 heavy (non-hydrogen) atoms. The van der Waals surface area contributed by atoms with E-state index in [-0.39, 0.29) is 12.2 Å². The average molecular weight is 353 g/mol. The number of carbonyl (C=O) groups is 1. The highest BCUT2D eigenvalue weighted by Crippen LogP contribution is 2.44. The number of ether oxygens (including phenoxy) is 1. The zero-order valence-corrected chi connectivity index (χ0v) is 12.4. The van der Waals surface area contributed by atoms with Gasteiger partial charge in [0.15, 0.2) is 6.10 Å². The van der Waals surface area contributed by atoms with Crippen molar-refractivity contribution in [3.05, 3.63) is 69.7 Å². The number of hydrogen-bond acceptors (Lipinski definition) is 2. The Morgan fingerprint density at radius 1 is 1.19 bits per heavy atom. The summed E-state index contributed by atoms with van der Waals surface area (Å²) in [6.07, 6.45) is -1.54. The molecule has 0 aromatic heterocycles. The van der Waals surface area contributed by atoms with Gasteiger partial charge >= 0.3 is 5.92 Å². The minimum atomic E-state index is -3.60. The van der Waals surface area contributed by atoms with Gasteiger partial charge in [-0.1, -0.05) is 52.3 Å². The first-order chi connectivity index (χ1) is 10.00. The molecule has 0 aliphatic carbocycles. The minimum Gasteiger partial charge on any atom is -0.362 e. The summed E-state index contributed by atoms with van der Waals surface area (Å²) in [7, 11) is 0. The van der Waals surface area contributed by atoms with Gasteiger partial charge in [0.05, 0.1) is 6.61 Å². The highest BCUT2D eigenvalue weighted by molar-refractivity contribution is 9.10. The number of alkyl halides is 2. The van der Waals surface area contributed by atoms with Crippen LogP contribution in [-0.4, -0.2) is 11.7 Å². The molecule has 1 atom stereocenters. The summed E-state index contributed by atoms with van der Waals surface area (Å²) in [4.78, 5) is 12.1. The molecule has 0 N–H and O–H groups in total. The molecule has 1 heterocycles. The van der Waals surface area contributed by atoms with E-state index in [1.54, 1.807) is 36.4 Å². The monoisotopic (exact) mass is 352 g/mol. The van der Waals surface area contributed by atoms with E-state index in [2.05, 4.69) is 15.9 Å². The Kier molecular flexibility index (Phi) is 3.63. The summed E-state index contributed by atoms with van der Waals surface area (Å²) < 4.78 is 34.9. The summed E-state index contributed by atoms with van der Waals surface area (Å²) in [5.74, 6) is -4.83. The topological polar surface area (TPSA) is 26.3 Å². The second-order valence-electron chi connectivity index (χ2n) is 4.85. The van der Waals surface area contributed by atoms with Crippen LogP contribution in [0.5, 0.6) is 0 Å². The van der Waals surface area contributed by atoms with Crippen molar-refractivity contribution in [2.45, 2.75) is 18.6 Å².